The van der Waals surface area contributed by atoms with Crippen molar-refractivity contribution in [3.05, 3.63) is 120 Å². The third-order valence-corrected chi connectivity index (χ3v) is 7.30. The Hall–Kier alpha value is -5.55. The van der Waals surface area contributed by atoms with Gasteiger partial charge < -0.3 is 32.1 Å². The van der Waals surface area contributed by atoms with Crippen LogP contribution < -0.4 is 27.0 Å². The van der Waals surface area contributed by atoms with E-state index < -0.39 is 60.8 Å². The molecule has 238 valence electrons. The first kappa shape index (κ1) is 33.3. The second kappa shape index (κ2) is 16.5. The minimum absolute atomic E-state index is 0.0820. The van der Waals surface area contributed by atoms with Gasteiger partial charge in [0.1, 0.15) is 18.6 Å². The summed E-state index contributed by atoms with van der Waals surface area (Å²) < 4.78 is 0. The van der Waals surface area contributed by atoms with Gasteiger partial charge in [-0.05, 0) is 33.9 Å². The number of hydrogen-bond donors (Lipinski definition) is 6. The molecule has 1 unspecified atom stereocenters. The van der Waals surface area contributed by atoms with Crippen molar-refractivity contribution in [3.8, 4) is 0 Å². The fraction of sp³-hybridized carbons (Fsp3) is 0.229. The maximum atomic E-state index is 13.8. The summed E-state index contributed by atoms with van der Waals surface area (Å²) >= 11 is 0. The molecule has 0 heterocycles. The molecule has 0 spiro atoms. The Kier molecular flexibility index (Phi) is 12.0. The molecule has 0 aliphatic rings. The largest absolute Gasteiger partial charge is 0.480 e. The standard InChI is InChI=1S/C35H37N5O6/c36-28(18-23-9-3-1-4-10-23)33(44)39-30(19-24-11-5-2-6-12-24)35(46)40-29(34(45)38-21-31(41)37-22-32(42)43)20-25-15-16-26-13-7-8-14-27(26)17-25/h1-17,28-30H,18-22,36H2,(H,37,41)(H,38,45)(H,39,44)(H,40,46)(H,42,43)/t28?,29-,30-/m1/s1. The van der Waals surface area contributed by atoms with Crippen LogP contribution in [0.25, 0.3) is 10.8 Å². The molecule has 11 nitrogen and oxygen atoms in total. The van der Waals surface area contributed by atoms with Crippen LogP contribution in [0.3, 0.4) is 0 Å². The lowest BCUT2D eigenvalue weighted by Crippen LogP contribution is -2.57. The number of fused-ring (bicyclic) bond motifs is 1. The summed E-state index contributed by atoms with van der Waals surface area (Å²) in [6.45, 7) is -1.09. The van der Waals surface area contributed by atoms with Gasteiger partial charge in [-0.2, -0.15) is 0 Å². The highest BCUT2D eigenvalue weighted by Crippen LogP contribution is 2.17. The molecule has 0 aliphatic heterocycles. The molecular formula is C35H37N5O6. The number of benzene rings is 4. The average molecular weight is 624 g/mol. The molecule has 0 bridgehead atoms. The summed E-state index contributed by atoms with van der Waals surface area (Å²) in [5.74, 6) is -3.72. The van der Waals surface area contributed by atoms with Crippen molar-refractivity contribution >= 4 is 40.4 Å². The maximum absolute atomic E-state index is 13.8. The molecule has 11 heteroatoms. The highest BCUT2D eigenvalue weighted by molar-refractivity contribution is 5.95. The van der Waals surface area contributed by atoms with E-state index in [-0.39, 0.29) is 19.3 Å². The topological polar surface area (TPSA) is 180 Å². The maximum Gasteiger partial charge on any atom is 0.322 e. The van der Waals surface area contributed by atoms with Crippen LogP contribution in [0.15, 0.2) is 103 Å². The Balaban J connectivity index is 1.53. The van der Waals surface area contributed by atoms with Crippen LogP contribution in [0, 0.1) is 0 Å². The number of carboxylic acid groups (broad SMARTS) is 1. The molecule has 0 fully saturated rings. The second-order valence-electron chi connectivity index (χ2n) is 10.9. The van der Waals surface area contributed by atoms with Gasteiger partial charge in [-0.15, -0.1) is 0 Å². The molecule has 0 aliphatic carbocycles. The minimum atomic E-state index is -1.23. The summed E-state index contributed by atoms with van der Waals surface area (Å²) in [5, 5.41) is 21.0. The van der Waals surface area contributed by atoms with E-state index in [9.17, 15) is 24.0 Å². The van der Waals surface area contributed by atoms with Gasteiger partial charge in [0.2, 0.25) is 23.6 Å². The minimum Gasteiger partial charge on any atom is -0.480 e. The molecule has 4 amide bonds. The normalized spacial score (nSPS) is 12.7. The monoisotopic (exact) mass is 623 g/mol. The molecule has 0 aromatic heterocycles. The number of carbonyl (C=O) groups is 5. The summed E-state index contributed by atoms with van der Waals surface area (Å²) in [6, 6.07) is 28.7. The summed E-state index contributed by atoms with van der Waals surface area (Å²) in [4.78, 5) is 63.3. The first-order valence-corrected chi connectivity index (χ1v) is 14.9. The lowest BCUT2D eigenvalue weighted by atomic mass is 9.99. The predicted octanol–water partition coefficient (Wildman–Crippen LogP) is 1.48. The number of hydrogen-bond acceptors (Lipinski definition) is 6. The molecular weight excluding hydrogens is 586 g/mol. The van der Waals surface area contributed by atoms with E-state index in [4.69, 9.17) is 10.8 Å². The molecule has 7 N–H and O–H groups in total. The molecule has 0 saturated heterocycles. The van der Waals surface area contributed by atoms with Gasteiger partial charge in [-0.3, -0.25) is 24.0 Å². The van der Waals surface area contributed by atoms with Crippen molar-refractivity contribution in [1.82, 2.24) is 21.3 Å². The zero-order valence-electron chi connectivity index (χ0n) is 25.1. The van der Waals surface area contributed by atoms with E-state index in [1.165, 1.54) is 0 Å². The Morgan fingerprint density at radius 1 is 0.565 bits per heavy atom. The average Bonchev–Trinajstić information content (AvgIpc) is 3.06. The summed E-state index contributed by atoms with van der Waals surface area (Å²) in [6.07, 6.45) is 0.486. The van der Waals surface area contributed by atoms with Crippen molar-refractivity contribution < 1.29 is 29.1 Å². The van der Waals surface area contributed by atoms with Crippen LogP contribution in [-0.2, 0) is 43.2 Å². The van der Waals surface area contributed by atoms with Gasteiger partial charge in [0.25, 0.3) is 0 Å². The lowest BCUT2D eigenvalue weighted by molar-refractivity contribution is -0.138. The van der Waals surface area contributed by atoms with Crippen LogP contribution in [-0.4, -0.2) is 65.9 Å². The summed E-state index contributed by atoms with van der Waals surface area (Å²) in [5.41, 5.74) is 8.62. The van der Waals surface area contributed by atoms with E-state index in [1.807, 2.05) is 103 Å². The number of carbonyl (C=O) groups excluding carboxylic acids is 4. The Labute approximate surface area is 266 Å². The zero-order valence-corrected chi connectivity index (χ0v) is 25.1. The van der Waals surface area contributed by atoms with Crippen molar-refractivity contribution in [2.75, 3.05) is 13.1 Å². The van der Waals surface area contributed by atoms with Crippen LogP contribution in [0.1, 0.15) is 16.7 Å². The van der Waals surface area contributed by atoms with Gasteiger partial charge in [0.15, 0.2) is 0 Å². The van der Waals surface area contributed by atoms with E-state index in [2.05, 4.69) is 21.3 Å². The van der Waals surface area contributed by atoms with Gasteiger partial charge in [-0.25, -0.2) is 0 Å². The zero-order chi connectivity index (χ0) is 32.9. The molecule has 0 saturated carbocycles. The quantitative estimate of drug-likeness (QED) is 0.116. The van der Waals surface area contributed by atoms with Crippen LogP contribution in [0.4, 0.5) is 0 Å². The number of rotatable bonds is 15. The highest BCUT2D eigenvalue weighted by atomic mass is 16.4. The molecule has 4 aromatic rings. The van der Waals surface area contributed by atoms with Crippen molar-refractivity contribution in [1.29, 1.82) is 0 Å². The van der Waals surface area contributed by atoms with Crippen LogP contribution in [0.2, 0.25) is 0 Å². The van der Waals surface area contributed by atoms with Crippen molar-refractivity contribution in [2.45, 2.75) is 37.4 Å². The number of nitrogens with one attached hydrogen (secondary N) is 4. The molecule has 3 atom stereocenters. The van der Waals surface area contributed by atoms with Crippen LogP contribution >= 0.6 is 0 Å². The van der Waals surface area contributed by atoms with E-state index in [0.29, 0.717) is 0 Å². The van der Waals surface area contributed by atoms with E-state index in [1.54, 1.807) is 0 Å². The fourth-order valence-electron chi connectivity index (χ4n) is 4.91. The lowest BCUT2D eigenvalue weighted by Gasteiger charge is -2.24. The summed E-state index contributed by atoms with van der Waals surface area (Å²) in [7, 11) is 0. The van der Waals surface area contributed by atoms with Gasteiger partial charge in [0.05, 0.1) is 12.6 Å². The number of carboxylic acids is 1. The first-order chi connectivity index (χ1) is 22.2. The van der Waals surface area contributed by atoms with Crippen molar-refractivity contribution in [3.63, 3.8) is 0 Å². The number of amides is 4. The van der Waals surface area contributed by atoms with Gasteiger partial charge >= 0.3 is 5.97 Å². The SMILES string of the molecule is NC(Cc1ccccc1)C(=O)N[C@H](Cc1ccccc1)C(=O)N[C@H](Cc1ccc2ccccc2c1)C(=O)NCC(=O)NCC(=O)O. The number of nitrogens with two attached hydrogens (primary N) is 1. The number of aliphatic carboxylic acids is 1. The Bertz CT molecular complexity index is 1660. The van der Waals surface area contributed by atoms with Crippen LogP contribution in [0.5, 0.6) is 0 Å². The molecule has 4 aromatic carbocycles. The predicted molar refractivity (Wildman–Crippen MR) is 173 cm³/mol. The first-order valence-electron chi connectivity index (χ1n) is 14.9. The molecule has 46 heavy (non-hydrogen) atoms. The Morgan fingerprint density at radius 3 is 1.76 bits per heavy atom. The van der Waals surface area contributed by atoms with E-state index >= 15 is 0 Å². The third-order valence-electron chi connectivity index (χ3n) is 7.30. The molecule has 0 radical (unpaired) electrons. The third kappa shape index (κ3) is 10.3. The van der Waals surface area contributed by atoms with Crippen molar-refractivity contribution in [2.24, 2.45) is 5.73 Å². The second-order valence-corrected chi connectivity index (χ2v) is 10.9. The highest BCUT2D eigenvalue weighted by Gasteiger charge is 2.29. The van der Waals surface area contributed by atoms with Gasteiger partial charge in [0, 0.05) is 12.8 Å². The van der Waals surface area contributed by atoms with Gasteiger partial charge in [-0.1, -0.05) is 103 Å². The Morgan fingerprint density at radius 2 is 1.11 bits per heavy atom. The smallest absolute Gasteiger partial charge is 0.322 e. The fourth-order valence-corrected chi connectivity index (χ4v) is 4.91. The molecule has 4 rings (SSSR count). The van der Waals surface area contributed by atoms with E-state index in [0.717, 1.165) is 27.5 Å².